The number of hydrogen-bond acceptors (Lipinski definition) is 7. The Balaban J connectivity index is 0. The molecule has 0 aromatic rings. The minimum atomic E-state index is 0. The van der Waals surface area contributed by atoms with Crippen molar-refractivity contribution >= 4 is 133 Å². The Bertz CT molecular complexity index is 954. The van der Waals surface area contributed by atoms with Crippen molar-refractivity contribution in [3.05, 3.63) is 24.0 Å². The number of nitrogens with zero attached hydrogens (tertiary/aromatic N) is 4. The van der Waals surface area contributed by atoms with Crippen molar-refractivity contribution in [2.75, 3.05) is 39.6 Å². The third kappa shape index (κ3) is 31.5. The van der Waals surface area contributed by atoms with Gasteiger partial charge in [0.15, 0.2) is 0 Å². The minimum Gasteiger partial charge on any atom is -0.715 e. The number of nitrogens with one attached hydrogen (secondary N) is 4. The topological polar surface area (TPSA) is 197 Å². The molecule has 6 saturated carbocycles. The Hall–Kier alpha value is 6.42. The molecule has 6 radical (unpaired) electrons. The van der Waals surface area contributed by atoms with Crippen molar-refractivity contribution in [2.24, 2.45) is 0 Å². The quantitative estimate of drug-likeness (QED) is 0.154. The van der Waals surface area contributed by atoms with Gasteiger partial charge in [0.05, 0.1) is 0 Å². The van der Waals surface area contributed by atoms with E-state index in [4.69, 9.17) is 25.3 Å². The van der Waals surface area contributed by atoms with Gasteiger partial charge < -0.3 is 43.7 Å². The average molecular weight is 1640 g/mol. The van der Waals surface area contributed by atoms with Crippen molar-refractivity contribution < 1.29 is 93.3 Å². The Labute approximate surface area is 558 Å². The molecule has 6 aliphatic carbocycles. The second kappa shape index (κ2) is 51.8. The molecule has 0 unspecified atom stereocenters. The predicted octanol–water partition coefficient (Wildman–Crippen LogP) is -4.09. The van der Waals surface area contributed by atoms with E-state index < -0.39 is 0 Å². The van der Waals surface area contributed by atoms with Gasteiger partial charge in [0.25, 0.3) is 0 Å². The van der Waals surface area contributed by atoms with Crippen LogP contribution in [0.5, 0.6) is 0 Å². The smallest absolute Gasteiger partial charge is 0.715 e. The summed E-state index contributed by atoms with van der Waals surface area (Å²) in [6.07, 6.45) is 54.2. The molecular weight excluding hydrogens is 1540 g/mol. The second-order valence-corrected chi connectivity index (χ2v) is 57.3. The van der Waals surface area contributed by atoms with E-state index in [1.807, 2.05) is 0 Å². The molecule has 24 heteroatoms. The van der Waals surface area contributed by atoms with Crippen LogP contribution in [0.15, 0.2) is 0 Å². The Morgan fingerprint density at radius 1 is 0.278 bits per heavy atom. The molecule has 6 saturated heterocycles. The van der Waals surface area contributed by atoms with E-state index in [2.05, 4.69) is 7.31 Å². The molecule has 0 spiro atoms. The number of quaternary nitrogens is 3. The zero-order valence-electron chi connectivity index (χ0n) is 46.6. The Morgan fingerprint density at radius 2 is 0.444 bits per heavy atom. The van der Waals surface area contributed by atoms with Crippen molar-refractivity contribution in [3.8, 4) is 0 Å². The fourth-order valence-electron chi connectivity index (χ4n) is 11.2. The summed E-state index contributed by atoms with van der Waals surface area (Å²) in [7, 11) is 0. The summed E-state index contributed by atoms with van der Waals surface area (Å²) in [4.78, 5) is 0. The first-order valence-electron chi connectivity index (χ1n) is 27.5. The van der Waals surface area contributed by atoms with Crippen LogP contribution in [0, 0.1) is 5.53 Å². The zero-order valence-corrected chi connectivity index (χ0v) is 61.9. The van der Waals surface area contributed by atoms with Crippen LogP contribution in [0.3, 0.4) is 0 Å². The van der Waals surface area contributed by atoms with E-state index in [0.717, 1.165) is 75.9 Å². The van der Waals surface area contributed by atoms with E-state index in [1.54, 1.807) is 116 Å². The monoisotopic (exact) mass is 1630 g/mol. The van der Waals surface area contributed by atoms with E-state index in [-0.39, 0.29) is 227 Å². The molecule has 14 nitrogen and oxygen atoms in total. The summed E-state index contributed by atoms with van der Waals surface area (Å²) < 4.78 is 30.7. The largest absolute Gasteiger partial charge is 1.00 e. The fraction of sp³-hybridized carbons (Fsp3) is 1.00. The van der Waals surface area contributed by atoms with Gasteiger partial charge in [-0.25, -0.2) is 0 Å². The summed E-state index contributed by atoms with van der Waals surface area (Å²) >= 11 is 0.346. The van der Waals surface area contributed by atoms with Crippen molar-refractivity contribution in [1.82, 2.24) is 3.65 Å². The van der Waals surface area contributed by atoms with Crippen LogP contribution < -0.4 is 79.1 Å². The Kier molecular flexibility index (Phi) is 57.9. The predicted molar refractivity (Wildman–Crippen MR) is 286 cm³/mol. The maximum atomic E-state index is 6.25. The van der Waals surface area contributed by atoms with E-state index in [0.29, 0.717) is 0 Å². The molecule has 0 bridgehead atoms. The van der Waals surface area contributed by atoms with Gasteiger partial charge in [-0.15, -0.1) is 0 Å². The number of nitrogens with two attached hydrogens (primary N) is 3. The average Bonchev–Trinajstić information content (AvgIpc) is 4.21. The molecular formula is C48H100Li4N11O3Sb6+3. The minimum absolute atomic E-state index is 0. The summed E-state index contributed by atoms with van der Waals surface area (Å²) in [5.41, 5.74) is 11.0. The van der Waals surface area contributed by atoms with Crippen LogP contribution in [-0.4, -0.2) is 213 Å². The van der Waals surface area contributed by atoms with Crippen LogP contribution in [0.1, 0.15) is 231 Å². The molecule has 396 valence electrons. The van der Waals surface area contributed by atoms with Gasteiger partial charge in [-0.1, -0.05) is 0 Å². The molecule has 6 heterocycles. The summed E-state index contributed by atoms with van der Waals surface area (Å²) in [6.45, 7) is 6.00. The number of hydrogen-bond donors (Lipinski definition) is 4. The van der Waals surface area contributed by atoms with E-state index >= 15 is 0 Å². The second-order valence-electron chi connectivity index (χ2n) is 20.5. The molecule has 6 aliphatic heterocycles. The Morgan fingerprint density at radius 3 is 0.597 bits per heavy atom. The van der Waals surface area contributed by atoms with Gasteiger partial charge >= 0.3 is 445 Å². The van der Waals surface area contributed by atoms with E-state index in [1.165, 1.54) is 116 Å². The SMILES string of the molecule is C1CCC([N]2[Sb][NH+](C3CCCCC3)[Sb]2)CC1.C1CCC([N]2[Sb][NH+](C3CCCCC3)[Sb]2)CC1.C1CCC([N]2[Sb][NH+](C3CCCCC3)[Sb]2)CC1.C1CCOC1.C1CCOC1.C1CCOC1.[Li+].[Li+].[Li+].[Li+].[N-]=N.[NH2-].[NH2-].[NH2-]. The van der Waals surface area contributed by atoms with Crippen molar-refractivity contribution in [3.63, 3.8) is 0 Å². The van der Waals surface area contributed by atoms with Gasteiger partial charge in [-0.3, -0.25) is 0 Å². The molecule has 0 aromatic carbocycles. The number of ether oxygens (including phenoxy) is 3. The summed E-state index contributed by atoms with van der Waals surface area (Å²) in [6, 6.07) is 6.74. The van der Waals surface area contributed by atoms with Gasteiger partial charge in [0.1, 0.15) is 0 Å². The van der Waals surface area contributed by atoms with E-state index in [9.17, 15) is 0 Å². The summed E-state index contributed by atoms with van der Waals surface area (Å²) in [5.74, 6) is 0. The van der Waals surface area contributed by atoms with Gasteiger partial charge in [0.2, 0.25) is 0 Å². The molecule has 10 N–H and O–H groups in total. The molecule has 12 fully saturated rings. The number of rotatable bonds is 6. The molecule has 72 heavy (non-hydrogen) atoms. The van der Waals surface area contributed by atoms with Gasteiger partial charge in [0, 0.05) is 39.6 Å². The summed E-state index contributed by atoms with van der Waals surface area (Å²) in [5, 5.41) is 0. The van der Waals surface area contributed by atoms with Crippen LogP contribution in [0.4, 0.5) is 0 Å². The van der Waals surface area contributed by atoms with Gasteiger partial charge in [-0.05, 0) is 38.5 Å². The molecule has 12 rings (SSSR count). The first-order chi connectivity index (χ1) is 32.3. The first kappa shape index (κ1) is 80.5. The van der Waals surface area contributed by atoms with Crippen molar-refractivity contribution in [1.29, 1.82) is 5.53 Å². The standard InChI is InChI=1S/3C6H12N.3C6H11N.3C4H8O.4Li.HN2.3H2N.6Sb/c6*7-6-4-2-1-3-5-6;3*1-2-4-5-3-1;;;;;1-2;;;;;;;;;/h3*6-7H,1-5H2;3*6H,1-5H2;3*1-4H2;;;;;1H;3*1H2;;;;;;/q3*+1;;;;;;;4*+1;4*-1;;;;;;. The first-order valence-corrected chi connectivity index (χ1v) is 42.0. The third-order valence-electron chi connectivity index (χ3n) is 15.3. The van der Waals surface area contributed by atoms with Gasteiger partial charge in [-0.2, -0.15) is 0 Å². The van der Waals surface area contributed by atoms with Crippen LogP contribution in [0.2, 0.25) is 0 Å². The maximum Gasteiger partial charge on any atom is 1.00 e. The molecule has 0 atom stereocenters. The van der Waals surface area contributed by atoms with Crippen molar-refractivity contribution in [2.45, 2.75) is 267 Å². The van der Waals surface area contributed by atoms with Crippen LogP contribution >= 0.6 is 0 Å². The zero-order chi connectivity index (χ0) is 45.0. The maximum absolute atomic E-state index is 6.25. The van der Waals surface area contributed by atoms with Crippen LogP contribution in [-0.2, 0) is 14.2 Å². The molecule has 0 amide bonds. The molecule has 0 aromatic heterocycles. The normalized spacial score (nSPS) is 26.1. The fourth-order valence-corrected chi connectivity index (χ4v) is 45.8. The van der Waals surface area contributed by atoms with Crippen LogP contribution in [0.25, 0.3) is 24.0 Å². The third-order valence-corrected chi connectivity index (χ3v) is 54.7. The molecule has 12 aliphatic rings.